The van der Waals surface area contributed by atoms with Gasteiger partial charge in [0.1, 0.15) is 0 Å². The van der Waals surface area contributed by atoms with Gasteiger partial charge in [-0.1, -0.05) is 0 Å². The Kier molecular flexibility index (Phi) is 4.36. The van der Waals surface area contributed by atoms with Crippen molar-refractivity contribution in [1.82, 2.24) is 3.97 Å². The molecule has 0 atom stereocenters. The highest BCUT2D eigenvalue weighted by molar-refractivity contribution is 8.02. The molecule has 2 aromatic rings. The van der Waals surface area contributed by atoms with Gasteiger partial charge in [-0.05, 0) is 24.3 Å². The Bertz CT molecular complexity index is 317. The van der Waals surface area contributed by atoms with E-state index in [-0.39, 0.29) is 0 Å². The molecule has 66 valence electrons. The molecular weight excluding hydrogens is 184 g/mol. The second kappa shape index (κ2) is 5.98. The lowest BCUT2D eigenvalue weighted by Gasteiger charge is -1.85. The van der Waals surface area contributed by atoms with E-state index in [4.69, 9.17) is 5.26 Å². The molecule has 2 aromatic heterocycles. The average Bonchev–Trinajstić information content (AvgIpc) is 2.79. The molecule has 2 heterocycles. The number of nitrogens with zero attached hydrogens (tertiary/aromatic N) is 2. The average molecular weight is 192 g/mol. The molecule has 0 unspecified atom stereocenters. The highest BCUT2D eigenvalue weighted by atomic mass is 32.2. The molecule has 0 saturated heterocycles. The molecule has 0 aliphatic carbocycles. The first-order chi connectivity index (χ1) is 6.43. The van der Waals surface area contributed by atoms with Crippen molar-refractivity contribution >= 4 is 11.9 Å². The summed E-state index contributed by atoms with van der Waals surface area (Å²) in [6, 6.07) is 7.43. The van der Waals surface area contributed by atoms with Crippen LogP contribution in [0.15, 0.2) is 53.6 Å². The molecule has 0 aliphatic rings. The Hall–Kier alpha value is -1.60. The van der Waals surface area contributed by atoms with Gasteiger partial charge >= 0.3 is 0 Å². The Labute approximate surface area is 80.7 Å². The summed E-state index contributed by atoms with van der Waals surface area (Å²) in [5.41, 5.74) is 0. The van der Waals surface area contributed by atoms with Crippen molar-refractivity contribution in [3.05, 3.63) is 49.2 Å². The van der Waals surface area contributed by atoms with Crippen LogP contribution < -0.4 is 0 Å². The van der Waals surface area contributed by atoms with Crippen LogP contribution >= 0.6 is 11.9 Å². The van der Waals surface area contributed by atoms with Crippen LogP contribution in [0.1, 0.15) is 0 Å². The highest BCUT2D eigenvalue weighted by Gasteiger charge is 1.81. The maximum Gasteiger partial charge on any atom is 0.156 e. The number of nitriles is 1. The van der Waals surface area contributed by atoms with Crippen LogP contribution in [0.2, 0.25) is 0 Å². The third kappa shape index (κ3) is 4.09. The van der Waals surface area contributed by atoms with Crippen LogP contribution in [0.25, 0.3) is 0 Å². The number of thiocyanates is 1. The van der Waals surface area contributed by atoms with E-state index in [1.807, 2.05) is 42.1 Å². The molecule has 3 nitrogen and oxygen atoms in total. The van der Waals surface area contributed by atoms with Gasteiger partial charge in [0.15, 0.2) is 5.40 Å². The minimum Gasteiger partial charge on any atom is -0.473 e. The van der Waals surface area contributed by atoms with Crippen molar-refractivity contribution in [2.24, 2.45) is 0 Å². The van der Waals surface area contributed by atoms with Gasteiger partial charge in [-0.3, -0.25) is 3.97 Å². The van der Waals surface area contributed by atoms with Crippen molar-refractivity contribution in [3.63, 3.8) is 0 Å². The van der Waals surface area contributed by atoms with E-state index in [2.05, 4.69) is 4.42 Å². The summed E-state index contributed by atoms with van der Waals surface area (Å²) >= 11 is 1.10. The maximum absolute atomic E-state index is 8.13. The minimum absolute atomic E-state index is 1.10. The van der Waals surface area contributed by atoms with Gasteiger partial charge in [0.2, 0.25) is 0 Å². The lowest BCUT2D eigenvalue weighted by molar-refractivity contribution is 0.567. The third-order valence-electron chi connectivity index (χ3n) is 1.15. The molecule has 13 heavy (non-hydrogen) atoms. The van der Waals surface area contributed by atoms with Crippen LogP contribution in [0.4, 0.5) is 0 Å². The highest BCUT2D eigenvalue weighted by Crippen LogP contribution is 2.01. The van der Waals surface area contributed by atoms with Crippen molar-refractivity contribution in [2.45, 2.75) is 0 Å². The number of aromatic nitrogens is 1. The van der Waals surface area contributed by atoms with Crippen molar-refractivity contribution in [3.8, 4) is 5.40 Å². The van der Waals surface area contributed by atoms with Crippen molar-refractivity contribution in [2.75, 3.05) is 0 Å². The van der Waals surface area contributed by atoms with Crippen molar-refractivity contribution in [1.29, 1.82) is 5.26 Å². The van der Waals surface area contributed by atoms with Crippen LogP contribution in [-0.4, -0.2) is 3.97 Å². The molecule has 0 bridgehead atoms. The standard InChI is InChI=1S/C5H4N2S.C4H4O/c6-5-8-7-3-1-2-4-7;1-2-4-5-3-1/h1-4H;1-4H. The molecule has 0 spiro atoms. The molecule has 0 amide bonds. The SMILES string of the molecule is N#CSn1cccc1.c1ccoc1. The van der Waals surface area contributed by atoms with Crippen molar-refractivity contribution < 1.29 is 4.42 Å². The molecule has 0 aliphatic heterocycles. The number of hydrogen-bond acceptors (Lipinski definition) is 3. The summed E-state index contributed by atoms with van der Waals surface area (Å²) in [5, 5.41) is 10.1. The lowest BCUT2D eigenvalue weighted by Crippen LogP contribution is -1.72. The second-order valence-corrected chi connectivity index (χ2v) is 2.81. The number of furan rings is 1. The summed E-state index contributed by atoms with van der Waals surface area (Å²) in [6.45, 7) is 0. The summed E-state index contributed by atoms with van der Waals surface area (Å²) in [4.78, 5) is 0. The van der Waals surface area contributed by atoms with Crippen LogP contribution in [0, 0.1) is 10.7 Å². The molecule has 2 rings (SSSR count). The minimum atomic E-state index is 1.10. The topological polar surface area (TPSA) is 41.9 Å². The van der Waals surface area contributed by atoms with E-state index in [0.29, 0.717) is 0 Å². The van der Waals surface area contributed by atoms with E-state index in [1.165, 1.54) is 0 Å². The van der Waals surface area contributed by atoms with Gasteiger partial charge < -0.3 is 4.42 Å². The summed E-state index contributed by atoms with van der Waals surface area (Å²) < 4.78 is 6.32. The Balaban J connectivity index is 0.000000145. The molecule has 0 saturated carbocycles. The van der Waals surface area contributed by atoms with Gasteiger partial charge in [-0.15, -0.1) is 0 Å². The van der Waals surface area contributed by atoms with Crippen LogP contribution in [0.5, 0.6) is 0 Å². The Morgan fingerprint density at radius 1 is 1.08 bits per heavy atom. The molecule has 0 fully saturated rings. The lowest BCUT2D eigenvalue weighted by atomic mass is 10.7. The summed E-state index contributed by atoms with van der Waals surface area (Å²) in [7, 11) is 0. The van der Waals surface area contributed by atoms with E-state index in [1.54, 1.807) is 16.5 Å². The van der Waals surface area contributed by atoms with E-state index < -0.39 is 0 Å². The molecule has 4 heteroatoms. The second-order valence-electron chi connectivity index (χ2n) is 2.02. The first kappa shape index (κ1) is 9.49. The third-order valence-corrected chi connectivity index (χ3v) is 1.68. The number of hydrogen-bond donors (Lipinski definition) is 0. The molecular formula is C9H8N2OS. The summed E-state index contributed by atoms with van der Waals surface area (Å²) in [6.07, 6.45) is 6.90. The normalized spacial score (nSPS) is 8.23. The van der Waals surface area contributed by atoms with Gasteiger partial charge in [0.25, 0.3) is 0 Å². The zero-order chi connectivity index (χ0) is 9.36. The fourth-order valence-corrected chi connectivity index (χ4v) is 1.01. The fourth-order valence-electron chi connectivity index (χ4n) is 0.654. The maximum atomic E-state index is 8.13. The monoisotopic (exact) mass is 192 g/mol. The van der Waals surface area contributed by atoms with E-state index in [0.717, 1.165) is 11.9 Å². The predicted octanol–water partition coefficient (Wildman–Crippen LogP) is 2.75. The summed E-state index contributed by atoms with van der Waals surface area (Å²) in [5.74, 6) is 0. The van der Waals surface area contributed by atoms with Crippen LogP contribution in [-0.2, 0) is 0 Å². The first-order valence-corrected chi connectivity index (χ1v) is 4.37. The van der Waals surface area contributed by atoms with Crippen LogP contribution in [0.3, 0.4) is 0 Å². The zero-order valence-corrected chi connectivity index (χ0v) is 7.65. The fraction of sp³-hybridized carbons (Fsp3) is 0. The van der Waals surface area contributed by atoms with Gasteiger partial charge in [-0.2, -0.15) is 5.26 Å². The quantitative estimate of drug-likeness (QED) is 0.652. The largest absolute Gasteiger partial charge is 0.473 e. The smallest absolute Gasteiger partial charge is 0.156 e. The van der Waals surface area contributed by atoms with E-state index in [9.17, 15) is 0 Å². The van der Waals surface area contributed by atoms with Gasteiger partial charge in [0, 0.05) is 12.4 Å². The molecule has 0 N–H and O–H groups in total. The Morgan fingerprint density at radius 2 is 1.69 bits per heavy atom. The van der Waals surface area contributed by atoms with Gasteiger partial charge in [0.05, 0.1) is 24.5 Å². The Morgan fingerprint density at radius 3 is 2.08 bits per heavy atom. The zero-order valence-electron chi connectivity index (χ0n) is 6.83. The number of rotatable bonds is 1. The molecule has 0 aromatic carbocycles. The first-order valence-electron chi connectivity index (χ1n) is 3.60. The predicted molar refractivity (Wildman–Crippen MR) is 51.7 cm³/mol. The molecule has 0 radical (unpaired) electrons. The van der Waals surface area contributed by atoms with E-state index >= 15 is 0 Å². The van der Waals surface area contributed by atoms with Gasteiger partial charge in [-0.25, -0.2) is 0 Å².